The molecule has 0 saturated carbocycles. The van der Waals surface area contributed by atoms with E-state index in [2.05, 4.69) is 17.2 Å². The SMILES string of the molecule is CCCCc1nc2c(NCC(O)CO)cccc2o1. The molecule has 0 aliphatic rings. The largest absolute Gasteiger partial charge is 0.441 e. The fourth-order valence-corrected chi connectivity index (χ4v) is 1.86. The van der Waals surface area contributed by atoms with E-state index in [1.807, 2.05) is 18.2 Å². The first kappa shape index (κ1) is 13.8. The molecule has 0 saturated heterocycles. The van der Waals surface area contributed by atoms with Crippen molar-refractivity contribution in [1.82, 2.24) is 4.98 Å². The van der Waals surface area contributed by atoms with Gasteiger partial charge in [0.25, 0.3) is 0 Å². The second-order valence-electron chi connectivity index (χ2n) is 4.58. The average Bonchev–Trinajstić information content (AvgIpc) is 2.85. The van der Waals surface area contributed by atoms with Gasteiger partial charge in [0.1, 0.15) is 5.52 Å². The maximum Gasteiger partial charge on any atom is 0.195 e. The Labute approximate surface area is 112 Å². The Hall–Kier alpha value is -1.59. The number of fused-ring (bicyclic) bond motifs is 1. The Kier molecular flexibility index (Phi) is 4.76. The van der Waals surface area contributed by atoms with Crippen molar-refractivity contribution in [2.75, 3.05) is 18.5 Å². The molecule has 5 heteroatoms. The van der Waals surface area contributed by atoms with Gasteiger partial charge in [-0.3, -0.25) is 0 Å². The van der Waals surface area contributed by atoms with Crippen LogP contribution >= 0.6 is 0 Å². The summed E-state index contributed by atoms with van der Waals surface area (Å²) in [5, 5.41) is 21.2. The number of nitrogens with one attached hydrogen (secondary N) is 1. The number of hydrogen-bond acceptors (Lipinski definition) is 5. The molecule has 0 amide bonds. The Morgan fingerprint density at radius 3 is 3.00 bits per heavy atom. The average molecular weight is 264 g/mol. The molecule has 0 aliphatic heterocycles. The van der Waals surface area contributed by atoms with Crippen molar-refractivity contribution in [2.45, 2.75) is 32.3 Å². The summed E-state index contributed by atoms with van der Waals surface area (Å²) in [6.45, 7) is 2.15. The van der Waals surface area contributed by atoms with Crippen molar-refractivity contribution in [3.63, 3.8) is 0 Å². The lowest BCUT2D eigenvalue weighted by atomic mass is 10.2. The third kappa shape index (κ3) is 3.45. The summed E-state index contributed by atoms with van der Waals surface area (Å²) in [4.78, 5) is 4.48. The highest BCUT2D eigenvalue weighted by atomic mass is 16.3. The van der Waals surface area contributed by atoms with Crippen molar-refractivity contribution >= 4 is 16.8 Å². The number of unbranched alkanes of at least 4 members (excludes halogenated alkanes) is 1. The minimum Gasteiger partial charge on any atom is -0.441 e. The van der Waals surface area contributed by atoms with Crippen LogP contribution in [0, 0.1) is 0 Å². The van der Waals surface area contributed by atoms with Crippen LogP contribution in [0.5, 0.6) is 0 Å². The van der Waals surface area contributed by atoms with Gasteiger partial charge < -0.3 is 19.9 Å². The van der Waals surface area contributed by atoms with Gasteiger partial charge in [-0.1, -0.05) is 19.4 Å². The quantitative estimate of drug-likeness (QED) is 0.712. The van der Waals surface area contributed by atoms with Crippen LogP contribution in [0.2, 0.25) is 0 Å². The molecular weight excluding hydrogens is 244 g/mol. The Morgan fingerprint density at radius 1 is 1.42 bits per heavy atom. The zero-order chi connectivity index (χ0) is 13.7. The zero-order valence-electron chi connectivity index (χ0n) is 11.1. The van der Waals surface area contributed by atoms with Crippen LogP contribution in [0.4, 0.5) is 5.69 Å². The van der Waals surface area contributed by atoms with Crippen LogP contribution in [0.3, 0.4) is 0 Å². The molecule has 104 valence electrons. The summed E-state index contributed by atoms with van der Waals surface area (Å²) >= 11 is 0. The van der Waals surface area contributed by atoms with Crippen LogP contribution in [0.15, 0.2) is 22.6 Å². The van der Waals surface area contributed by atoms with E-state index in [0.29, 0.717) is 0 Å². The van der Waals surface area contributed by atoms with E-state index in [-0.39, 0.29) is 13.2 Å². The van der Waals surface area contributed by atoms with Crippen molar-refractivity contribution < 1.29 is 14.6 Å². The van der Waals surface area contributed by atoms with E-state index in [9.17, 15) is 5.11 Å². The minimum absolute atomic E-state index is 0.260. The zero-order valence-corrected chi connectivity index (χ0v) is 11.1. The van der Waals surface area contributed by atoms with Gasteiger partial charge in [-0.15, -0.1) is 0 Å². The van der Waals surface area contributed by atoms with E-state index in [0.717, 1.165) is 41.9 Å². The van der Waals surface area contributed by atoms with Gasteiger partial charge >= 0.3 is 0 Å². The topological polar surface area (TPSA) is 78.5 Å². The van der Waals surface area contributed by atoms with E-state index >= 15 is 0 Å². The highest BCUT2D eigenvalue weighted by Gasteiger charge is 2.10. The highest BCUT2D eigenvalue weighted by Crippen LogP contribution is 2.24. The summed E-state index contributed by atoms with van der Waals surface area (Å²) in [5.74, 6) is 0.744. The lowest BCUT2D eigenvalue weighted by Gasteiger charge is -2.09. The number of aryl methyl sites for hydroxylation is 1. The highest BCUT2D eigenvalue weighted by molar-refractivity contribution is 5.86. The number of aliphatic hydroxyl groups excluding tert-OH is 2. The summed E-state index contributed by atoms with van der Waals surface area (Å²) in [6, 6.07) is 5.65. The number of aliphatic hydroxyl groups is 2. The van der Waals surface area contributed by atoms with E-state index < -0.39 is 6.10 Å². The molecule has 5 nitrogen and oxygen atoms in total. The van der Waals surface area contributed by atoms with Gasteiger partial charge in [0, 0.05) is 13.0 Å². The molecule has 1 unspecified atom stereocenters. The number of para-hydroxylation sites is 1. The lowest BCUT2D eigenvalue weighted by molar-refractivity contribution is 0.105. The molecule has 1 aromatic heterocycles. The lowest BCUT2D eigenvalue weighted by Crippen LogP contribution is -2.23. The number of hydrogen-bond donors (Lipinski definition) is 3. The fourth-order valence-electron chi connectivity index (χ4n) is 1.86. The third-order valence-corrected chi connectivity index (χ3v) is 2.95. The van der Waals surface area contributed by atoms with Crippen LogP contribution in [-0.2, 0) is 6.42 Å². The van der Waals surface area contributed by atoms with E-state index in [4.69, 9.17) is 9.52 Å². The van der Waals surface area contributed by atoms with Crippen molar-refractivity contribution in [3.8, 4) is 0 Å². The van der Waals surface area contributed by atoms with Gasteiger partial charge in [-0.2, -0.15) is 0 Å². The molecule has 0 spiro atoms. The molecule has 1 heterocycles. The Balaban J connectivity index is 2.16. The predicted octanol–water partition coefficient (Wildman–Crippen LogP) is 1.94. The van der Waals surface area contributed by atoms with Gasteiger partial charge in [0.2, 0.25) is 0 Å². The third-order valence-electron chi connectivity index (χ3n) is 2.95. The predicted molar refractivity (Wildman–Crippen MR) is 74.2 cm³/mol. The van der Waals surface area contributed by atoms with E-state index in [1.165, 1.54) is 0 Å². The van der Waals surface area contributed by atoms with Crippen molar-refractivity contribution in [2.24, 2.45) is 0 Å². The number of rotatable bonds is 7. The normalized spacial score (nSPS) is 12.8. The molecule has 0 bridgehead atoms. The molecule has 1 atom stereocenters. The maximum absolute atomic E-state index is 9.36. The monoisotopic (exact) mass is 264 g/mol. The van der Waals surface area contributed by atoms with Crippen molar-refractivity contribution in [1.29, 1.82) is 0 Å². The Morgan fingerprint density at radius 2 is 2.26 bits per heavy atom. The second kappa shape index (κ2) is 6.54. The molecule has 0 radical (unpaired) electrons. The van der Waals surface area contributed by atoms with Gasteiger partial charge in [0.05, 0.1) is 18.4 Å². The molecule has 2 aromatic rings. The van der Waals surface area contributed by atoms with E-state index in [1.54, 1.807) is 0 Å². The molecule has 1 aromatic carbocycles. The number of oxazole rings is 1. The standard InChI is InChI=1S/C14H20N2O3/c1-2-3-7-13-16-14-11(15-8-10(18)9-17)5-4-6-12(14)19-13/h4-6,10,15,17-18H,2-3,7-9H2,1H3. The van der Waals surface area contributed by atoms with Crippen LogP contribution in [0.1, 0.15) is 25.7 Å². The summed E-state index contributed by atoms with van der Waals surface area (Å²) < 4.78 is 5.68. The fraction of sp³-hybridized carbons (Fsp3) is 0.500. The van der Waals surface area contributed by atoms with Gasteiger partial charge in [-0.25, -0.2) is 4.98 Å². The number of anilines is 1. The smallest absolute Gasteiger partial charge is 0.195 e. The Bertz CT molecular complexity index is 524. The minimum atomic E-state index is -0.776. The van der Waals surface area contributed by atoms with Crippen LogP contribution < -0.4 is 5.32 Å². The molecular formula is C14H20N2O3. The number of aromatic nitrogens is 1. The molecule has 19 heavy (non-hydrogen) atoms. The summed E-state index contributed by atoms with van der Waals surface area (Å²) in [6.07, 6.45) is 2.22. The molecule has 2 rings (SSSR count). The van der Waals surface area contributed by atoms with Gasteiger partial charge in [-0.05, 0) is 18.6 Å². The second-order valence-corrected chi connectivity index (χ2v) is 4.58. The first-order valence-electron chi connectivity index (χ1n) is 6.65. The summed E-state index contributed by atoms with van der Waals surface area (Å²) in [5.41, 5.74) is 2.34. The first-order valence-corrected chi connectivity index (χ1v) is 6.65. The van der Waals surface area contributed by atoms with Crippen molar-refractivity contribution in [3.05, 3.63) is 24.1 Å². The number of benzene rings is 1. The van der Waals surface area contributed by atoms with Gasteiger partial charge in [0.15, 0.2) is 11.5 Å². The summed E-state index contributed by atoms with van der Waals surface area (Å²) in [7, 11) is 0. The molecule has 0 aliphatic carbocycles. The molecule has 0 fully saturated rings. The maximum atomic E-state index is 9.36. The number of nitrogens with zero attached hydrogens (tertiary/aromatic N) is 1. The molecule has 3 N–H and O–H groups in total. The first-order chi connectivity index (χ1) is 9.24. The van der Waals surface area contributed by atoms with Crippen LogP contribution in [0.25, 0.3) is 11.1 Å². The van der Waals surface area contributed by atoms with Crippen LogP contribution in [-0.4, -0.2) is 34.5 Å².